The molecular formula is C25H30N2O5. The lowest BCUT2D eigenvalue weighted by Crippen LogP contribution is -2.37. The molecule has 32 heavy (non-hydrogen) atoms. The number of amides is 2. The van der Waals surface area contributed by atoms with Gasteiger partial charge in [-0.3, -0.25) is 9.59 Å². The van der Waals surface area contributed by atoms with Gasteiger partial charge in [0.25, 0.3) is 5.91 Å². The molecule has 0 radical (unpaired) electrons. The van der Waals surface area contributed by atoms with E-state index in [1.807, 2.05) is 29.2 Å². The van der Waals surface area contributed by atoms with Crippen LogP contribution in [0.4, 0.5) is 0 Å². The fourth-order valence-electron chi connectivity index (χ4n) is 4.77. The van der Waals surface area contributed by atoms with E-state index in [-0.39, 0.29) is 23.7 Å². The lowest BCUT2D eigenvalue weighted by Gasteiger charge is -2.25. The minimum Gasteiger partial charge on any atom is -0.497 e. The van der Waals surface area contributed by atoms with Crippen LogP contribution in [0.5, 0.6) is 17.2 Å². The summed E-state index contributed by atoms with van der Waals surface area (Å²) < 4.78 is 16.3. The molecular weight excluding hydrogens is 408 g/mol. The van der Waals surface area contributed by atoms with Crippen LogP contribution in [0.1, 0.15) is 34.7 Å². The minimum atomic E-state index is -0.330. The molecule has 2 aliphatic heterocycles. The largest absolute Gasteiger partial charge is 0.497 e. The summed E-state index contributed by atoms with van der Waals surface area (Å²) in [6.45, 7) is 2.36. The third-order valence-electron chi connectivity index (χ3n) is 6.50. The molecule has 2 atom stereocenters. The molecule has 2 heterocycles. The number of carbonyl (C=O) groups excluding carboxylic acids is 2. The molecule has 4 rings (SSSR count). The maximum absolute atomic E-state index is 13.5. The lowest BCUT2D eigenvalue weighted by molar-refractivity contribution is -0.134. The van der Waals surface area contributed by atoms with Crippen molar-refractivity contribution >= 4 is 11.8 Å². The highest BCUT2D eigenvalue weighted by Crippen LogP contribution is 2.41. The van der Waals surface area contributed by atoms with Gasteiger partial charge in [-0.25, -0.2) is 0 Å². The highest BCUT2D eigenvalue weighted by molar-refractivity contribution is 5.95. The zero-order valence-corrected chi connectivity index (χ0v) is 18.9. The standard InChI is InChI=1S/C25H30N2O5/c1-30-18-8-6-7-17(13-18)24(28)27-15-21(20-14-19(31-2)9-10-23(20)32-3)22(16-27)25(29)26-11-4-5-12-26/h6-10,13-14,21-22H,4-5,11-12,15-16H2,1-3H3/t21-,22+/m0/s1. The summed E-state index contributed by atoms with van der Waals surface area (Å²) in [7, 11) is 4.82. The molecule has 0 N–H and O–H groups in total. The number of ether oxygens (including phenoxy) is 3. The van der Waals surface area contributed by atoms with Crippen LogP contribution in [0.3, 0.4) is 0 Å². The molecule has 2 aromatic rings. The van der Waals surface area contributed by atoms with E-state index >= 15 is 0 Å². The molecule has 2 aromatic carbocycles. The fraction of sp³-hybridized carbons (Fsp3) is 0.440. The van der Waals surface area contributed by atoms with Crippen LogP contribution < -0.4 is 14.2 Å². The Morgan fingerprint density at radius 3 is 2.25 bits per heavy atom. The van der Waals surface area contributed by atoms with Crippen molar-refractivity contribution < 1.29 is 23.8 Å². The predicted octanol–water partition coefficient (Wildman–Crippen LogP) is 3.19. The van der Waals surface area contributed by atoms with Crippen LogP contribution in [0, 0.1) is 5.92 Å². The second-order valence-corrected chi connectivity index (χ2v) is 8.30. The van der Waals surface area contributed by atoms with Crippen molar-refractivity contribution in [2.75, 3.05) is 47.5 Å². The molecule has 2 fully saturated rings. The van der Waals surface area contributed by atoms with Crippen LogP contribution in [0.2, 0.25) is 0 Å². The van der Waals surface area contributed by atoms with Gasteiger partial charge in [0.15, 0.2) is 0 Å². The Balaban J connectivity index is 1.68. The Hall–Kier alpha value is -3.22. The van der Waals surface area contributed by atoms with Gasteiger partial charge in [0.1, 0.15) is 17.2 Å². The van der Waals surface area contributed by atoms with E-state index in [1.165, 1.54) is 0 Å². The lowest BCUT2D eigenvalue weighted by atomic mass is 9.87. The number of carbonyl (C=O) groups is 2. The van der Waals surface area contributed by atoms with Gasteiger partial charge < -0.3 is 24.0 Å². The summed E-state index contributed by atoms with van der Waals surface area (Å²) in [6, 6.07) is 12.8. The second-order valence-electron chi connectivity index (χ2n) is 8.30. The Morgan fingerprint density at radius 2 is 1.56 bits per heavy atom. The highest BCUT2D eigenvalue weighted by Gasteiger charge is 2.43. The predicted molar refractivity (Wildman–Crippen MR) is 120 cm³/mol. The van der Waals surface area contributed by atoms with Gasteiger partial charge in [0.05, 0.1) is 27.2 Å². The summed E-state index contributed by atoms with van der Waals surface area (Å²) in [5.41, 5.74) is 1.44. The summed E-state index contributed by atoms with van der Waals surface area (Å²) in [5.74, 6) is 1.53. The van der Waals surface area contributed by atoms with Crippen LogP contribution in [0.15, 0.2) is 42.5 Å². The summed E-state index contributed by atoms with van der Waals surface area (Å²) >= 11 is 0. The first-order valence-corrected chi connectivity index (χ1v) is 11.0. The average Bonchev–Trinajstić information content (AvgIpc) is 3.53. The Bertz CT molecular complexity index is 986. The molecule has 2 aliphatic rings. The maximum atomic E-state index is 13.5. The van der Waals surface area contributed by atoms with Crippen molar-refractivity contribution in [2.45, 2.75) is 18.8 Å². The van der Waals surface area contributed by atoms with Gasteiger partial charge in [-0.15, -0.1) is 0 Å². The Morgan fingerprint density at radius 1 is 0.844 bits per heavy atom. The zero-order valence-electron chi connectivity index (χ0n) is 18.9. The monoisotopic (exact) mass is 438 g/mol. The fourth-order valence-corrected chi connectivity index (χ4v) is 4.77. The van der Waals surface area contributed by atoms with Crippen molar-refractivity contribution in [3.05, 3.63) is 53.6 Å². The summed E-state index contributed by atoms with van der Waals surface area (Å²) in [6.07, 6.45) is 2.05. The molecule has 7 heteroatoms. The van der Waals surface area contributed by atoms with Gasteiger partial charge >= 0.3 is 0 Å². The van der Waals surface area contributed by atoms with Crippen molar-refractivity contribution in [3.63, 3.8) is 0 Å². The van der Waals surface area contributed by atoms with Crippen molar-refractivity contribution in [1.29, 1.82) is 0 Å². The van der Waals surface area contributed by atoms with Crippen LogP contribution in [-0.4, -0.2) is 69.1 Å². The third kappa shape index (κ3) is 4.24. The molecule has 0 saturated carbocycles. The number of benzene rings is 2. The topological polar surface area (TPSA) is 68.3 Å². The van der Waals surface area contributed by atoms with Crippen LogP contribution >= 0.6 is 0 Å². The third-order valence-corrected chi connectivity index (χ3v) is 6.50. The van der Waals surface area contributed by atoms with Crippen LogP contribution in [0.25, 0.3) is 0 Å². The maximum Gasteiger partial charge on any atom is 0.254 e. The zero-order chi connectivity index (χ0) is 22.7. The summed E-state index contributed by atoms with van der Waals surface area (Å²) in [5, 5.41) is 0. The van der Waals surface area contributed by atoms with Crippen molar-refractivity contribution in [1.82, 2.24) is 9.80 Å². The van der Waals surface area contributed by atoms with E-state index in [1.54, 1.807) is 44.4 Å². The number of rotatable bonds is 6. The van der Waals surface area contributed by atoms with Gasteiger partial charge in [0, 0.05) is 43.2 Å². The average molecular weight is 439 g/mol. The molecule has 170 valence electrons. The van der Waals surface area contributed by atoms with E-state index in [9.17, 15) is 9.59 Å². The summed E-state index contributed by atoms with van der Waals surface area (Å²) in [4.78, 5) is 30.5. The highest BCUT2D eigenvalue weighted by atomic mass is 16.5. The number of nitrogens with zero attached hydrogens (tertiary/aromatic N) is 2. The Kier molecular flexibility index (Phi) is 6.53. The molecule has 0 unspecified atom stereocenters. The van der Waals surface area contributed by atoms with Crippen LogP contribution in [-0.2, 0) is 4.79 Å². The number of hydrogen-bond donors (Lipinski definition) is 0. The van der Waals surface area contributed by atoms with Crippen molar-refractivity contribution in [3.8, 4) is 17.2 Å². The molecule has 7 nitrogen and oxygen atoms in total. The van der Waals surface area contributed by atoms with E-state index in [0.29, 0.717) is 35.9 Å². The first-order valence-electron chi connectivity index (χ1n) is 11.0. The van der Waals surface area contributed by atoms with Gasteiger partial charge in [-0.05, 0) is 49.2 Å². The smallest absolute Gasteiger partial charge is 0.254 e. The molecule has 0 bridgehead atoms. The van der Waals surface area contributed by atoms with E-state index in [0.717, 1.165) is 31.5 Å². The first-order chi connectivity index (χ1) is 15.5. The van der Waals surface area contributed by atoms with E-state index < -0.39 is 0 Å². The minimum absolute atomic E-state index is 0.104. The number of hydrogen-bond acceptors (Lipinski definition) is 5. The Labute approximate surface area is 188 Å². The van der Waals surface area contributed by atoms with Gasteiger partial charge in [-0.1, -0.05) is 6.07 Å². The molecule has 0 spiro atoms. The number of methoxy groups -OCH3 is 3. The normalized spacial score (nSPS) is 20.3. The molecule has 2 saturated heterocycles. The van der Waals surface area contributed by atoms with Gasteiger partial charge in [0.2, 0.25) is 5.91 Å². The second kappa shape index (κ2) is 9.51. The van der Waals surface area contributed by atoms with E-state index in [2.05, 4.69) is 0 Å². The van der Waals surface area contributed by atoms with E-state index in [4.69, 9.17) is 14.2 Å². The van der Waals surface area contributed by atoms with Gasteiger partial charge in [-0.2, -0.15) is 0 Å². The molecule has 0 aliphatic carbocycles. The molecule has 2 amide bonds. The molecule has 0 aromatic heterocycles. The quantitative estimate of drug-likeness (QED) is 0.693. The van der Waals surface area contributed by atoms with Crippen molar-refractivity contribution in [2.24, 2.45) is 5.92 Å². The first kappa shape index (κ1) is 22.0. The SMILES string of the molecule is COc1cccc(C(=O)N2C[C@@H](C(=O)N3CCCC3)[C@H](c3cc(OC)ccc3OC)C2)c1. The number of likely N-dealkylation sites (tertiary alicyclic amines) is 2.